The SMILES string of the molecule is CCCOCCN(C(=O)Oc1cccc(NC(C)=S)c1)c1ccccc1C. The molecule has 0 saturated carbocycles. The van der Waals surface area contributed by atoms with Gasteiger partial charge >= 0.3 is 6.09 Å². The van der Waals surface area contributed by atoms with Crippen molar-refractivity contribution >= 4 is 34.7 Å². The second-order valence-corrected chi connectivity index (χ2v) is 6.74. The van der Waals surface area contributed by atoms with Crippen LogP contribution >= 0.6 is 12.2 Å². The maximum absolute atomic E-state index is 12.9. The molecule has 0 bridgehead atoms. The number of hydrogen-bond acceptors (Lipinski definition) is 4. The van der Waals surface area contributed by atoms with Gasteiger partial charge in [-0.3, -0.25) is 4.90 Å². The number of nitrogens with zero attached hydrogens (tertiary/aromatic N) is 1. The number of carbonyl (C=O) groups excluding carboxylic acids is 1. The third kappa shape index (κ3) is 6.66. The van der Waals surface area contributed by atoms with Crippen LogP contribution in [0.5, 0.6) is 5.75 Å². The second-order valence-electron chi connectivity index (χ2n) is 6.13. The maximum atomic E-state index is 12.9. The number of anilines is 2. The van der Waals surface area contributed by atoms with Gasteiger partial charge < -0.3 is 14.8 Å². The molecule has 5 nitrogen and oxygen atoms in total. The van der Waals surface area contributed by atoms with Crippen LogP contribution in [0.25, 0.3) is 0 Å². The first-order valence-corrected chi connectivity index (χ1v) is 9.42. The molecule has 2 aromatic carbocycles. The average molecular weight is 387 g/mol. The average Bonchev–Trinajstić information content (AvgIpc) is 2.62. The van der Waals surface area contributed by atoms with E-state index in [1.807, 2.05) is 43.3 Å². The molecule has 0 aliphatic rings. The monoisotopic (exact) mass is 386 g/mol. The number of para-hydroxylation sites is 1. The number of benzene rings is 2. The lowest BCUT2D eigenvalue weighted by Gasteiger charge is -2.24. The Kier molecular flexibility index (Phi) is 8.23. The molecule has 0 aliphatic carbocycles. The first-order chi connectivity index (χ1) is 13.0. The molecule has 0 saturated heterocycles. The summed E-state index contributed by atoms with van der Waals surface area (Å²) in [7, 11) is 0. The van der Waals surface area contributed by atoms with Gasteiger partial charge in [-0.2, -0.15) is 0 Å². The molecule has 0 atom stereocenters. The van der Waals surface area contributed by atoms with Gasteiger partial charge in [-0.05, 0) is 44.0 Å². The third-order valence-electron chi connectivity index (χ3n) is 3.79. The van der Waals surface area contributed by atoms with Crippen LogP contribution < -0.4 is 15.0 Å². The predicted octanol–water partition coefficient (Wildman–Crippen LogP) is 5.19. The van der Waals surface area contributed by atoms with Gasteiger partial charge in [0.2, 0.25) is 0 Å². The summed E-state index contributed by atoms with van der Waals surface area (Å²) in [5, 5.41) is 3.04. The number of ether oxygens (including phenoxy) is 2. The molecule has 0 aromatic heterocycles. The molecule has 0 heterocycles. The van der Waals surface area contributed by atoms with Gasteiger partial charge in [0.05, 0.1) is 23.8 Å². The van der Waals surface area contributed by atoms with Crippen molar-refractivity contribution in [3.8, 4) is 5.75 Å². The molecule has 0 fully saturated rings. The molecule has 0 radical (unpaired) electrons. The van der Waals surface area contributed by atoms with E-state index in [4.69, 9.17) is 21.7 Å². The summed E-state index contributed by atoms with van der Waals surface area (Å²) in [6.07, 6.45) is 0.495. The normalized spacial score (nSPS) is 10.3. The highest BCUT2D eigenvalue weighted by Gasteiger charge is 2.19. The number of carbonyl (C=O) groups is 1. The van der Waals surface area contributed by atoms with Crippen LogP contribution in [0.3, 0.4) is 0 Å². The zero-order chi connectivity index (χ0) is 19.6. The van der Waals surface area contributed by atoms with Crippen LogP contribution in [0.1, 0.15) is 25.8 Å². The Hall–Kier alpha value is -2.44. The van der Waals surface area contributed by atoms with Gasteiger partial charge in [-0.15, -0.1) is 0 Å². The highest BCUT2D eigenvalue weighted by atomic mass is 32.1. The van der Waals surface area contributed by atoms with Crippen LogP contribution in [0.15, 0.2) is 48.5 Å². The molecule has 6 heteroatoms. The van der Waals surface area contributed by atoms with Crippen molar-refractivity contribution in [3.05, 3.63) is 54.1 Å². The van der Waals surface area contributed by atoms with Gasteiger partial charge in [0.1, 0.15) is 5.75 Å². The fourth-order valence-corrected chi connectivity index (χ4v) is 2.69. The van der Waals surface area contributed by atoms with Crippen molar-refractivity contribution in [1.29, 1.82) is 0 Å². The molecule has 27 heavy (non-hydrogen) atoms. The molecular weight excluding hydrogens is 360 g/mol. The van der Waals surface area contributed by atoms with E-state index in [0.717, 1.165) is 23.4 Å². The van der Waals surface area contributed by atoms with E-state index in [1.54, 1.807) is 24.0 Å². The Morgan fingerprint density at radius 1 is 1.15 bits per heavy atom. The lowest BCUT2D eigenvalue weighted by Crippen LogP contribution is -2.37. The fraction of sp³-hybridized carbons (Fsp3) is 0.333. The predicted molar refractivity (Wildman–Crippen MR) is 114 cm³/mol. The number of nitrogens with one attached hydrogen (secondary N) is 1. The molecule has 1 N–H and O–H groups in total. The van der Waals surface area contributed by atoms with Gasteiger partial charge in [0.25, 0.3) is 0 Å². The summed E-state index contributed by atoms with van der Waals surface area (Å²) in [5.74, 6) is 0.453. The fourth-order valence-electron chi connectivity index (χ4n) is 2.58. The molecule has 144 valence electrons. The smallest absolute Gasteiger partial charge is 0.410 e. The second kappa shape index (κ2) is 10.6. The van der Waals surface area contributed by atoms with Gasteiger partial charge in [0, 0.05) is 18.4 Å². The first kappa shape index (κ1) is 20.9. The Morgan fingerprint density at radius 2 is 1.93 bits per heavy atom. The Morgan fingerprint density at radius 3 is 2.63 bits per heavy atom. The summed E-state index contributed by atoms with van der Waals surface area (Å²) in [6.45, 7) is 7.35. The van der Waals surface area contributed by atoms with Crippen LogP contribution in [-0.2, 0) is 4.74 Å². The summed E-state index contributed by atoms with van der Waals surface area (Å²) in [5.41, 5.74) is 2.59. The highest BCUT2D eigenvalue weighted by Crippen LogP contribution is 2.23. The lowest BCUT2D eigenvalue weighted by molar-refractivity contribution is 0.139. The van der Waals surface area contributed by atoms with Gasteiger partial charge in [-0.25, -0.2) is 4.79 Å². The topological polar surface area (TPSA) is 50.8 Å². The summed E-state index contributed by atoms with van der Waals surface area (Å²) >= 11 is 5.06. The van der Waals surface area contributed by atoms with E-state index < -0.39 is 6.09 Å². The minimum atomic E-state index is -0.444. The number of thiocarbonyl (C=S) groups is 1. The third-order valence-corrected chi connectivity index (χ3v) is 3.90. The quantitative estimate of drug-likeness (QED) is 0.500. The van der Waals surface area contributed by atoms with Crippen molar-refractivity contribution in [2.24, 2.45) is 0 Å². The van der Waals surface area contributed by atoms with E-state index in [9.17, 15) is 4.79 Å². The van der Waals surface area contributed by atoms with Crippen LogP contribution in [0.4, 0.5) is 16.2 Å². The van der Waals surface area contributed by atoms with Crippen molar-refractivity contribution in [3.63, 3.8) is 0 Å². The van der Waals surface area contributed by atoms with Gasteiger partial charge in [0.15, 0.2) is 0 Å². The summed E-state index contributed by atoms with van der Waals surface area (Å²) < 4.78 is 11.2. The molecule has 0 spiro atoms. The van der Waals surface area contributed by atoms with Crippen LogP contribution in [0, 0.1) is 6.92 Å². The van der Waals surface area contributed by atoms with E-state index >= 15 is 0 Å². The lowest BCUT2D eigenvalue weighted by atomic mass is 10.2. The number of aryl methyl sites for hydroxylation is 1. The maximum Gasteiger partial charge on any atom is 0.419 e. The Bertz CT molecular complexity index is 780. The number of amides is 1. The summed E-state index contributed by atoms with van der Waals surface area (Å²) in [6, 6.07) is 14.9. The van der Waals surface area contributed by atoms with E-state index in [0.29, 0.717) is 30.5 Å². The molecular formula is C21H26N2O3S. The Labute approximate surface area is 166 Å². The molecule has 1 amide bonds. The summed E-state index contributed by atoms with van der Waals surface area (Å²) in [4.78, 5) is 15.1. The van der Waals surface area contributed by atoms with Crippen molar-refractivity contribution in [1.82, 2.24) is 0 Å². The number of hydrogen-bond donors (Lipinski definition) is 1. The molecule has 0 unspecified atom stereocenters. The standard InChI is InChI=1S/C21H26N2O3S/c1-4-13-25-14-12-23(20-11-6-5-8-16(20)2)21(24)26-19-10-7-9-18(15-19)22-17(3)27/h5-11,15H,4,12-14H2,1-3H3,(H,22,27). The van der Waals surface area contributed by atoms with E-state index in [-0.39, 0.29) is 0 Å². The van der Waals surface area contributed by atoms with E-state index in [2.05, 4.69) is 12.2 Å². The zero-order valence-corrected chi connectivity index (χ0v) is 16.8. The van der Waals surface area contributed by atoms with Crippen molar-refractivity contribution < 1.29 is 14.3 Å². The van der Waals surface area contributed by atoms with E-state index in [1.165, 1.54) is 0 Å². The first-order valence-electron chi connectivity index (χ1n) is 9.01. The van der Waals surface area contributed by atoms with Gasteiger partial charge in [-0.1, -0.05) is 43.4 Å². The molecule has 2 aromatic rings. The van der Waals surface area contributed by atoms with Crippen molar-refractivity contribution in [2.45, 2.75) is 27.2 Å². The molecule has 2 rings (SSSR count). The highest BCUT2D eigenvalue weighted by molar-refractivity contribution is 7.80. The van der Waals surface area contributed by atoms with Crippen molar-refractivity contribution in [2.75, 3.05) is 30.0 Å². The minimum Gasteiger partial charge on any atom is -0.410 e. The van der Waals surface area contributed by atoms with Crippen LogP contribution in [-0.4, -0.2) is 30.8 Å². The minimum absolute atomic E-state index is 0.417. The zero-order valence-electron chi connectivity index (χ0n) is 16.0. The number of rotatable bonds is 8. The largest absolute Gasteiger partial charge is 0.419 e. The Balaban J connectivity index is 2.15. The van der Waals surface area contributed by atoms with Crippen LogP contribution in [0.2, 0.25) is 0 Å². The molecule has 0 aliphatic heterocycles.